The number of hydrogen-bond donors (Lipinski definition) is 2. The van der Waals surface area contributed by atoms with Gasteiger partial charge in [0.1, 0.15) is 11.5 Å². The molecule has 12 heavy (non-hydrogen) atoms. The lowest BCUT2D eigenvalue weighted by Crippen LogP contribution is -2.04. The molecule has 0 rings (SSSR count). The van der Waals surface area contributed by atoms with Gasteiger partial charge in [0.05, 0.1) is 0 Å². The third kappa shape index (κ3) is 4.15. The molecule has 0 heterocycles. The molecule has 6 nitrogen and oxygen atoms in total. The number of ether oxygens (including phenoxy) is 2. The molecule has 0 radical (unpaired) electrons. The van der Waals surface area contributed by atoms with Gasteiger partial charge in [0, 0.05) is 0 Å². The van der Waals surface area contributed by atoms with E-state index in [-0.39, 0.29) is 11.5 Å². The summed E-state index contributed by atoms with van der Waals surface area (Å²) < 4.78 is 8.24. The van der Waals surface area contributed by atoms with E-state index in [1.54, 1.807) is 0 Å². The van der Waals surface area contributed by atoms with Crippen molar-refractivity contribution in [3.63, 3.8) is 0 Å². The maximum absolute atomic E-state index is 9.94. The predicted molar refractivity (Wildman–Crippen MR) is 36.6 cm³/mol. The maximum atomic E-state index is 9.94. The van der Waals surface area contributed by atoms with Crippen molar-refractivity contribution in [1.82, 2.24) is 0 Å². The molecule has 0 saturated heterocycles. The molecule has 0 aromatic carbocycles. The first kappa shape index (κ1) is 10.3. The summed E-state index contributed by atoms with van der Waals surface area (Å²) in [5.74, 6) is -0.213. The van der Waals surface area contributed by atoms with Crippen LogP contribution in [0.15, 0.2) is 11.5 Å². The van der Waals surface area contributed by atoms with Crippen LogP contribution in [0.2, 0.25) is 0 Å². The molecule has 0 saturated carbocycles. The fraction of sp³-hybridized carbons (Fsp3) is 0.333. The molecule has 0 fully saturated rings. The average Bonchev–Trinajstić information content (AvgIpc) is 1.84. The SMILES string of the molecule is C/C(OC(=O)O)=C(/C)OC(=O)O. The fourth-order valence-corrected chi connectivity index (χ4v) is 0.406. The van der Waals surface area contributed by atoms with Crippen LogP contribution in [0.3, 0.4) is 0 Å². The lowest BCUT2D eigenvalue weighted by atomic mass is 10.5. The Morgan fingerprint density at radius 3 is 1.33 bits per heavy atom. The van der Waals surface area contributed by atoms with Crippen LogP contribution in [0.4, 0.5) is 9.59 Å². The van der Waals surface area contributed by atoms with Crippen LogP contribution in [0.25, 0.3) is 0 Å². The molecular formula is C6H8O6. The summed E-state index contributed by atoms with van der Waals surface area (Å²) in [5.41, 5.74) is 0. The van der Waals surface area contributed by atoms with Gasteiger partial charge in [0.2, 0.25) is 0 Å². The summed E-state index contributed by atoms with van der Waals surface area (Å²) in [6.45, 7) is 2.57. The molecule has 0 aliphatic heterocycles. The Morgan fingerprint density at radius 1 is 0.917 bits per heavy atom. The summed E-state index contributed by atoms with van der Waals surface area (Å²) in [6.07, 6.45) is -3.03. The van der Waals surface area contributed by atoms with Crippen molar-refractivity contribution in [3.8, 4) is 0 Å². The van der Waals surface area contributed by atoms with E-state index in [2.05, 4.69) is 9.47 Å². The van der Waals surface area contributed by atoms with Crippen molar-refractivity contribution in [2.45, 2.75) is 13.8 Å². The zero-order chi connectivity index (χ0) is 9.72. The topological polar surface area (TPSA) is 93.1 Å². The normalized spacial score (nSPS) is 11.5. The van der Waals surface area contributed by atoms with E-state index in [1.165, 1.54) is 13.8 Å². The zero-order valence-electron chi connectivity index (χ0n) is 6.53. The summed E-state index contributed by atoms with van der Waals surface area (Å²) >= 11 is 0. The maximum Gasteiger partial charge on any atom is 0.511 e. The molecule has 0 atom stereocenters. The highest BCUT2D eigenvalue weighted by Crippen LogP contribution is 2.06. The summed E-state index contributed by atoms with van der Waals surface area (Å²) in [7, 11) is 0. The predicted octanol–water partition coefficient (Wildman–Crippen LogP) is 1.63. The van der Waals surface area contributed by atoms with Crippen molar-refractivity contribution in [1.29, 1.82) is 0 Å². The second-order valence-corrected chi connectivity index (χ2v) is 1.85. The quantitative estimate of drug-likeness (QED) is 0.490. The number of rotatable bonds is 2. The van der Waals surface area contributed by atoms with Crippen LogP contribution in [0.1, 0.15) is 13.8 Å². The number of allylic oxidation sites excluding steroid dienone is 2. The van der Waals surface area contributed by atoms with Crippen LogP contribution in [0, 0.1) is 0 Å². The van der Waals surface area contributed by atoms with Gasteiger partial charge in [-0.25, -0.2) is 9.59 Å². The largest absolute Gasteiger partial charge is 0.511 e. The van der Waals surface area contributed by atoms with Crippen LogP contribution >= 0.6 is 0 Å². The highest BCUT2D eigenvalue weighted by molar-refractivity contribution is 5.60. The van der Waals surface area contributed by atoms with Crippen molar-refractivity contribution in [2.75, 3.05) is 0 Å². The van der Waals surface area contributed by atoms with Gasteiger partial charge in [-0.1, -0.05) is 0 Å². The Kier molecular flexibility index (Phi) is 3.61. The first-order valence-corrected chi connectivity index (χ1v) is 2.92. The van der Waals surface area contributed by atoms with E-state index in [9.17, 15) is 9.59 Å². The summed E-state index contributed by atoms with van der Waals surface area (Å²) in [4.78, 5) is 19.9. The Hall–Kier alpha value is -1.72. The minimum atomic E-state index is -1.51. The summed E-state index contributed by atoms with van der Waals surface area (Å²) in [6, 6.07) is 0. The molecular weight excluding hydrogens is 168 g/mol. The van der Waals surface area contributed by atoms with Gasteiger partial charge in [-0.15, -0.1) is 0 Å². The second kappa shape index (κ2) is 4.22. The fourth-order valence-electron chi connectivity index (χ4n) is 0.406. The molecule has 0 bridgehead atoms. The first-order valence-electron chi connectivity index (χ1n) is 2.92. The average molecular weight is 176 g/mol. The molecule has 0 amide bonds. The Labute approximate surface area is 68.0 Å². The lowest BCUT2D eigenvalue weighted by molar-refractivity contribution is 0.0980. The zero-order valence-corrected chi connectivity index (χ0v) is 6.53. The van der Waals surface area contributed by atoms with Gasteiger partial charge in [-0.3, -0.25) is 0 Å². The monoisotopic (exact) mass is 176 g/mol. The molecule has 68 valence electrons. The van der Waals surface area contributed by atoms with Gasteiger partial charge in [-0.2, -0.15) is 0 Å². The van der Waals surface area contributed by atoms with E-state index in [0.717, 1.165) is 0 Å². The Bertz CT molecular complexity index is 204. The van der Waals surface area contributed by atoms with E-state index >= 15 is 0 Å². The lowest BCUT2D eigenvalue weighted by Gasteiger charge is -2.03. The van der Waals surface area contributed by atoms with E-state index in [0.29, 0.717) is 0 Å². The van der Waals surface area contributed by atoms with E-state index in [4.69, 9.17) is 10.2 Å². The van der Waals surface area contributed by atoms with Crippen molar-refractivity contribution >= 4 is 12.3 Å². The molecule has 0 aliphatic rings. The Balaban J connectivity index is 4.25. The van der Waals surface area contributed by atoms with Gasteiger partial charge < -0.3 is 19.7 Å². The first-order chi connectivity index (χ1) is 5.43. The molecule has 0 unspecified atom stereocenters. The minimum Gasteiger partial charge on any atom is -0.449 e. The standard InChI is InChI=1S/C6H8O6/c1-3(11-5(7)8)4(2)12-6(9)10/h1-2H3,(H,7,8)(H,9,10)/b4-3+. The molecule has 0 aromatic heterocycles. The van der Waals surface area contributed by atoms with Crippen molar-refractivity contribution in [3.05, 3.63) is 11.5 Å². The van der Waals surface area contributed by atoms with Gasteiger partial charge in [-0.05, 0) is 13.8 Å². The number of carbonyl (C=O) groups is 2. The highest BCUT2D eigenvalue weighted by atomic mass is 16.7. The number of hydrogen-bond acceptors (Lipinski definition) is 4. The number of carboxylic acid groups (broad SMARTS) is 2. The second-order valence-electron chi connectivity index (χ2n) is 1.85. The third-order valence-electron chi connectivity index (χ3n) is 0.977. The van der Waals surface area contributed by atoms with Crippen LogP contribution < -0.4 is 0 Å². The van der Waals surface area contributed by atoms with Gasteiger partial charge in [0.15, 0.2) is 0 Å². The Morgan fingerprint density at radius 2 is 1.17 bits per heavy atom. The van der Waals surface area contributed by atoms with Crippen molar-refractivity contribution in [2.24, 2.45) is 0 Å². The van der Waals surface area contributed by atoms with Crippen LogP contribution in [0.5, 0.6) is 0 Å². The van der Waals surface area contributed by atoms with Gasteiger partial charge >= 0.3 is 12.3 Å². The third-order valence-corrected chi connectivity index (χ3v) is 0.977. The van der Waals surface area contributed by atoms with Crippen molar-refractivity contribution < 1.29 is 29.3 Å². The molecule has 2 N–H and O–H groups in total. The highest BCUT2D eigenvalue weighted by Gasteiger charge is 2.07. The molecule has 6 heteroatoms. The smallest absolute Gasteiger partial charge is 0.449 e. The van der Waals surface area contributed by atoms with Crippen LogP contribution in [-0.2, 0) is 9.47 Å². The van der Waals surface area contributed by atoms with Gasteiger partial charge in [0.25, 0.3) is 0 Å². The minimum absolute atomic E-state index is 0.107. The van der Waals surface area contributed by atoms with E-state index in [1.807, 2.05) is 0 Å². The summed E-state index contributed by atoms with van der Waals surface area (Å²) in [5, 5.41) is 16.2. The molecule has 0 aromatic rings. The molecule has 0 aliphatic carbocycles. The van der Waals surface area contributed by atoms with E-state index < -0.39 is 12.3 Å². The molecule has 0 spiro atoms. The van der Waals surface area contributed by atoms with Crippen LogP contribution in [-0.4, -0.2) is 22.5 Å².